The van der Waals surface area contributed by atoms with E-state index in [0.717, 1.165) is 4.77 Å². The number of benzene rings is 1. The minimum Gasteiger partial charge on any atom is -0.331 e. The second-order valence-electron chi connectivity index (χ2n) is 5.36. The van der Waals surface area contributed by atoms with Gasteiger partial charge in [0.2, 0.25) is 0 Å². The zero-order valence-electron chi connectivity index (χ0n) is 12.2. The Labute approximate surface area is 120 Å². The molecule has 1 atom stereocenters. The molecule has 1 aromatic carbocycles. The first kappa shape index (κ1) is 14.3. The van der Waals surface area contributed by atoms with Gasteiger partial charge in [0.25, 0.3) is 0 Å². The van der Waals surface area contributed by atoms with E-state index in [9.17, 15) is 0 Å². The number of nitrogens with zero attached hydrogens (tertiary/aromatic N) is 1. The Bertz CT molecular complexity index is 594. The Balaban J connectivity index is 2.51. The number of fused-ring (bicyclic) bond motifs is 1. The van der Waals surface area contributed by atoms with Crippen LogP contribution in [0, 0.1) is 11.7 Å². The average molecular weight is 276 g/mol. The minimum absolute atomic E-state index is 0.535. The zero-order chi connectivity index (χ0) is 13.8. The predicted octanol–water partition coefficient (Wildman–Crippen LogP) is 5.54. The van der Waals surface area contributed by atoms with Gasteiger partial charge in [0.1, 0.15) is 0 Å². The monoisotopic (exact) mass is 276 g/mol. The number of rotatable bonds is 6. The number of hydrogen-bond donors (Lipinski definition) is 1. The molecular formula is C16H24N2S. The van der Waals surface area contributed by atoms with Crippen LogP contribution in [0.1, 0.15) is 57.6 Å². The maximum Gasteiger partial charge on any atom is 0.178 e. The average Bonchev–Trinajstić information content (AvgIpc) is 2.72. The highest BCUT2D eigenvalue weighted by Gasteiger charge is 2.15. The molecule has 0 amide bonds. The highest BCUT2D eigenvalue weighted by Crippen LogP contribution is 2.28. The van der Waals surface area contributed by atoms with Crippen LogP contribution >= 0.6 is 12.2 Å². The van der Waals surface area contributed by atoms with Crippen molar-refractivity contribution in [1.82, 2.24) is 9.55 Å². The highest BCUT2D eigenvalue weighted by molar-refractivity contribution is 7.71. The first-order valence-corrected chi connectivity index (χ1v) is 7.79. The number of unbranched alkanes of at least 4 members (excludes halogenated alkanes) is 1. The molecule has 0 fully saturated rings. The normalized spacial score (nSPS) is 13.0. The van der Waals surface area contributed by atoms with Crippen molar-refractivity contribution >= 4 is 23.3 Å². The van der Waals surface area contributed by atoms with Crippen molar-refractivity contribution in [3.63, 3.8) is 0 Å². The summed E-state index contributed by atoms with van der Waals surface area (Å²) >= 11 is 5.56. The molecule has 0 aliphatic rings. The summed E-state index contributed by atoms with van der Waals surface area (Å²) in [5.41, 5.74) is 3.77. The number of nitrogens with one attached hydrogen (secondary N) is 1. The van der Waals surface area contributed by atoms with Gasteiger partial charge in [0.05, 0.1) is 11.0 Å². The van der Waals surface area contributed by atoms with Gasteiger partial charge in [-0.05, 0) is 43.6 Å². The predicted molar refractivity (Wildman–Crippen MR) is 85.3 cm³/mol. The Morgan fingerprint density at radius 1 is 1.21 bits per heavy atom. The molecule has 2 nitrogen and oxygen atoms in total. The van der Waals surface area contributed by atoms with E-state index in [4.69, 9.17) is 12.2 Å². The van der Waals surface area contributed by atoms with Crippen molar-refractivity contribution in [3.8, 4) is 0 Å². The summed E-state index contributed by atoms with van der Waals surface area (Å²) in [5.74, 6) is 0. The Morgan fingerprint density at radius 3 is 2.68 bits per heavy atom. The maximum absolute atomic E-state index is 5.56. The smallest absolute Gasteiger partial charge is 0.178 e. The van der Waals surface area contributed by atoms with E-state index < -0.39 is 0 Å². The summed E-state index contributed by atoms with van der Waals surface area (Å²) in [6, 6.07) is 6.92. The van der Waals surface area contributed by atoms with E-state index in [-0.39, 0.29) is 0 Å². The van der Waals surface area contributed by atoms with Crippen LogP contribution in [0.4, 0.5) is 0 Å². The summed E-state index contributed by atoms with van der Waals surface area (Å²) in [6.45, 7) is 6.68. The van der Waals surface area contributed by atoms with Crippen LogP contribution in [0.2, 0.25) is 0 Å². The topological polar surface area (TPSA) is 20.7 Å². The molecule has 0 bridgehead atoms. The third-order valence-electron chi connectivity index (χ3n) is 3.82. The number of hydrogen-bond acceptors (Lipinski definition) is 1. The van der Waals surface area contributed by atoms with Gasteiger partial charge in [-0.1, -0.05) is 45.2 Å². The Kier molecular flexibility index (Phi) is 4.81. The minimum atomic E-state index is 0.535. The lowest BCUT2D eigenvalue weighted by molar-refractivity contribution is 0.422. The molecular weight excluding hydrogens is 252 g/mol. The molecule has 2 rings (SSSR count). The molecule has 1 aromatic heterocycles. The van der Waals surface area contributed by atoms with Crippen LogP contribution in [0.5, 0.6) is 0 Å². The molecule has 0 saturated heterocycles. The molecule has 1 heterocycles. The van der Waals surface area contributed by atoms with Crippen LogP contribution in [-0.2, 0) is 0 Å². The van der Waals surface area contributed by atoms with E-state index in [1.807, 2.05) is 0 Å². The number of H-pyrrole nitrogens is 1. The standard InChI is InChI=1S/C16H24N2S/c1-4-6-10-13(8-5-2)18-15-12(3)9-7-11-14(15)17-16(18)19/h7,9,11,13H,4-6,8,10H2,1-3H3,(H,17,19). The van der Waals surface area contributed by atoms with Crippen molar-refractivity contribution < 1.29 is 0 Å². The van der Waals surface area contributed by atoms with E-state index in [1.54, 1.807) is 0 Å². The summed E-state index contributed by atoms with van der Waals surface area (Å²) in [5, 5.41) is 0. The van der Waals surface area contributed by atoms with Gasteiger partial charge in [-0.3, -0.25) is 0 Å². The maximum atomic E-state index is 5.56. The largest absolute Gasteiger partial charge is 0.331 e. The van der Waals surface area contributed by atoms with Gasteiger partial charge in [-0.25, -0.2) is 0 Å². The fourth-order valence-corrected chi connectivity index (χ4v) is 3.23. The lowest BCUT2D eigenvalue weighted by atomic mass is 10.0. The first-order valence-electron chi connectivity index (χ1n) is 7.38. The molecule has 0 aliphatic heterocycles. The summed E-state index contributed by atoms with van der Waals surface area (Å²) in [6.07, 6.45) is 6.14. The van der Waals surface area contributed by atoms with Crippen LogP contribution in [0.25, 0.3) is 11.0 Å². The van der Waals surface area contributed by atoms with E-state index >= 15 is 0 Å². The molecule has 3 heteroatoms. The zero-order valence-corrected chi connectivity index (χ0v) is 13.0. The van der Waals surface area contributed by atoms with Crippen LogP contribution in [0.3, 0.4) is 0 Å². The fourth-order valence-electron chi connectivity index (χ4n) is 2.88. The molecule has 104 valence electrons. The fraction of sp³-hybridized carbons (Fsp3) is 0.562. The van der Waals surface area contributed by atoms with Gasteiger partial charge in [0, 0.05) is 6.04 Å². The quantitative estimate of drug-likeness (QED) is 0.687. The van der Waals surface area contributed by atoms with Gasteiger partial charge >= 0.3 is 0 Å². The summed E-state index contributed by atoms with van der Waals surface area (Å²) in [4.78, 5) is 3.36. The first-order chi connectivity index (χ1) is 9.19. The number of aromatic nitrogens is 2. The van der Waals surface area contributed by atoms with Crippen molar-refractivity contribution in [1.29, 1.82) is 0 Å². The second-order valence-corrected chi connectivity index (χ2v) is 5.74. The molecule has 1 unspecified atom stereocenters. The lowest BCUT2D eigenvalue weighted by Gasteiger charge is -2.19. The van der Waals surface area contributed by atoms with Crippen LogP contribution < -0.4 is 0 Å². The van der Waals surface area contributed by atoms with Crippen molar-refractivity contribution in [2.75, 3.05) is 0 Å². The van der Waals surface area contributed by atoms with Gasteiger partial charge in [-0.15, -0.1) is 0 Å². The Morgan fingerprint density at radius 2 is 2.00 bits per heavy atom. The number of para-hydroxylation sites is 1. The van der Waals surface area contributed by atoms with E-state index in [1.165, 1.54) is 48.7 Å². The Hall–Kier alpha value is -1.09. The molecule has 0 radical (unpaired) electrons. The van der Waals surface area contributed by atoms with Gasteiger partial charge in [0.15, 0.2) is 4.77 Å². The van der Waals surface area contributed by atoms with Crippen molar-refractivity contribution in [2.24, 2.45) is 0 Å². The van der Waals surface area contributed by atoms with Crippen molar-refractivity contribution in [2.45, 2.75) is 58.9 Å². The van der Waals surface area contributed by atoms with E-state index in [2.05, 4.69) is 48.5 Å². The second kappa shape index (κ2) is 6.38. The van der Waals surface area contributed by atoms with Crippen LogP contribution in [-0.4, -0.2) is 9.55 Å². The summed E-state index contributed by atoms with van der Waals surface area (Å²) < 4.78 is 3.23. The van der Waals surface area contributed by atoms with Crippen molar-refractivity contribution in [3.05, 3.63) is 28.5 Å². The molecule has 0 aliphatic carbocycles. The number of aromatic amines is 1. The SMILES string of the molecule is CCCCC(CCC)n1c(=S)[nH]c2cccc(C)c21. The molecule has 0 spiro atoms. The highest BCUT2D eigenvalue weighted by atomic mass is 32.1. The molecule has 2 aromatic rings. The third-order valence-corrected chi connectivity index (χ3v) is 4.12. The lowest BCUT2D eigenvalue weighted by Crippen LogP contribution is -2.09. The van der Waals surface area contributed by atoms with Crippen LogP contribution in [0.15, 0.2) is 18.2 Å². The summed E-state index contributed by atoms with van der Waals surface area (Å²) in [7, 11) is 0. The van der Waals surface area contributed by atoms with Gasteiger partial charge in [-0.2, -0.15) is 0 Å². The van der Waals surface area contributed by atoms with Gasteiger partial charge < -0.3 is 9.55 Å². The van der Waals surface area contributed by atoms with E-state index in [0.29, 0.717) is 6.04 Å². The number of imidazole rings is 1. The molecule has 0 saturated carbocycles. The molecule has 1 N–H and O–H groups in total. The number of aryl methyl sites for hydroxylation is 1. The molecule has 19 heavy (non-hydrogen) atoms. The third kappa shape index (κ3) is 2.92.